The van der Waals surface area contributed by atoms with E-state index in [9.17, 15) is 18.0 Å². The first-order valence-corrected chi connectivity index (χ1v) is 8.25. The molecule has 0 saturated heterocycles. The van der Waals surface area contributed by atoms with E-state index in [0.717, 1.165) is 22.8 Å². The number of hydrogen-bond donors (Lipinski definition) is 1. The van der Waals surface area contributed by atoms with E-state index in [4.69, 9.17) is 5.73 Å². The van der Waals surface area contributed by atoms with Crippen LogP contribution >= 0.6 is 11.8 Å². The van der Waals surface area contributed by atoms with Crippen molar-refractivity contribution in [2.24, 2.45) is 5.73 Å². The monoisotopic (exact) mass is 387 g/mol. The van der Waals surface area contributed by atoms with Gasteiger partial charge < -0.3 is 5.73 Å². The zero-order chi connectivity index (χ0) is 18.8. The topological polar surface area (TPSA) is 113 Å². The van der Waals surface area contributed by atoms with Crippen LogP contribution < -0.4 is 11.5 Å². The van der Waals surface area contributed by atoms with Gasteiger partial charge in [0, 0.05) is 11.8 Å². The smallest absolute Gasteiger partial charge is 0.327 e. The Morgan fingerprint density at radius 2 is 2.08 bits per heavy atom. The van der Waals surface area contributed by atoms with Crippen molar-refractivity contribution in [3.63, 3.8) is 0 Å². The van der Waals surface area contributed by atoms with Crippen LogP contribution in [0.15, 0.2) is 37.2 Å². The molecule has 26 heavy (non-hydrogen) atoms. The van der Waals surface area contributed by atoms with Crippen LogP contribution in [0.2, 0.25) is 0 Å². The normalized spacial score (nSPS) is 12.7. The highest BCUT2D eigenvalue weighted by molar-refractivity contribution is 7.99. The molecule has 3 aromatic rings. The Labute approximate surface area is 148 Å². The van der Waals surface area contributed by atoms with Crippen molar-refractivity contribution in [1.29, 1.82) is 0 Å². The van der Waals surface area contributed by atoms with Gasteiger partial charge in [-0.2, -0.15) is 0 Å². The van der Waals surface area contributed by atoms with Crippen molar-refractivity contribution in [2.75, 3.05) is 5.75 Å². The first-order valence-electron chi connectivity index (χ1n) is 7.26. The third-order valence-corrected chi connectivity index (χ3v) is 4.46. The van der Waals surface area contributed by atoms with E-state index in [2.05, 4.69) is 24.6 Å². The lowest BCUT2D eigenvalue weighted by atomic mass is 10.2. The standard InChI is InChI=1S/C14H12F3N5O3S/c1-6(18)5-26-13-10(19-25-21-13)12-20-24-14(23)22(12)7-2-3-9(15)8(4-7)11(16)17/h2-4,6,11H,5,18H2,1H3. The molecule has 0 aliphatic heterocycles. The van der Waals surface area contributed by atoms with Gasteiger partial charge in [0.15, 0.2) is 10.7 Å². The first kappa shape index (κ1) is 18.2. The summed E-state index contributed by atoms with van der Waals surface area (Å²) in [6.07, 6.45) is -3.06. The summed E-state index contributed by atoms with van der Waals surface area (Å²) in [5, 5.41) is 11.3. The SMILES string of the molecule is CC(N)CSc1nonc1-c1noc(=O)n1-c1ccc(F)c(C(F)F)c1. The van der Waals surface area contributed by atoms with Crippen LogP contribution in [0.1, 0.15) is 18.9 Å². The number of nitrogens with zero attached hydrogens (tertiary/aromatic N) is 4. The molecule has 3 rings (SSSR count). The van der Waals surface area contributed by atoms with E-state index in [1.165, 1.54) is 11.8 Å². The largest absolute Gasteiger partial charge is 0.446 e. The third-order valence-electron chi connectivity index (χ3n) is 3.23. The summed E-state index contributed by atoms with van der Waals surface area (Å²) in [6.45, 7) is 1.79. The van der Waals surface area contributed by atoms with Crippen molar-refractivity contribution in [3.05, 3.63) is 40.1 Å². The van der Waals surface area contributed by atoms with Gasteiger partial charge in [0.05, 0.1) is 11.3 Å². The molecule has 0 radical (unpaired) electrons. The number of halogens is 3. The lowest BCUT2D eigenvalue weighted by molar-refractivity contribution is 0.146. The lowest BCUT2D eigenvalue weighted by Crippen LogP contribution is -2.17. The molecule has 0 aliphatic rings. The summed E-state index contributed by atoms with van der Waals surface area (Å²) >= 11 is 1.21. The average molecular weight is 387 g/mol. The number of hydrogen-bond acceptors (Lipinski definition) is 8. The van der Waals surface area contributed by atoms with Crippen molar-refractivity contribution < 1.29 is 22.3 Å². The van der Waals surface area contributed by atoms with Crippen LogP contribution in [-0.4, -0.2) is 31.8 Å². The van der Waals surface area contributed by atoms with Gasteiger partial charge in [-0.15, -0.1) is 0 Å². The van der Waals surface area contributed by atoms with E-state index in [1.54, 1.807) is 6.92 Å². The predicted octanol–water partition coefficient (Wildman–Crippen LogP) is 2.39. The second kappa shape index (κ2) is 7.33. The Morgan fingerprint density at radius 3 is 2.77 bits per heavy atom. The summed E-state index contributed by atoms with van der Waals surface area (Å²) in [6, 6.07) is 2.66. The zero-order valence-corrected chi connectivity index (χ0v) is 14.0. The second-order valence-electron chi connectivity index (χ2n) is 5.32. The van der Waals surface area contributed by atoms with Crippen molar-refractivity contribution in [2.45, 2.75) is 24.4 Å². The Bertz CT molecular complexity index is 969. The lowest BCUT2D eigenvalue weighted by Gasteiger charge is -2.07. The van der Waals surface area contributed by atoms with Crippen LogP contribution in [0.4, 0.5) is 13.2 Å². The number of thioether (sulfide) groups is 1. The Morgan fingerprint density at radius 1 is 1.31 bits per heavy atom. The molecule has 12 heteroatoms. The minimum absolute atomic E-state index is 0.0610. The molecule has 1 unspecified atom stereocenters. The summed E-state index contributed by atoms with van der Waals surface area (Å²) < 4.78 is 49.6. The molecule has 0 amide bonds. The number of nitrogens with two attached hydrogens (primary N) is 1. The average Bonchev–Trinajstić information content (AvgIpc) is 3.19. The molecule has 1 atom stereocenters. The minimum atomic E-state index is -3.06. The van der Waals surface area contributed by atoms with Crippen molar-refractivity contribution in [3.8, 4) is 17.2 Å². The van der Waals surface area contributed by atoms with Crippen molar-refractivity contribution >= 4 is 11.8 Å². The van der Waals surface area contributed by atoms with Crippen LogP contribution in [0, 0.1) is 5.82 Å². The second-order valence-corrected chi connectivity index (χ2v) is 6.33. The van der Waals surface area contributed by atoms with E-state index < -0.39 is 23.6 Å². The molecular formula is C14H12F3N5O3S. The molecule has 2 aromatic heterocycles. The predicted molar refractivity (Wildman–Crippen MR) is 84.7 cm³/mol. The molecule has 0 aliphatic carbocycles. The highest BCUT2D eigenvalue weighted by Crippen LogP contribution is 2.30. The molecule has 138 valence electrons. The minimum Gasteiger partial charge on any atom is -0.327 e. The maximum atomic E-state index is 13.5. The summed E-state index contributed by atoms with van der Waals surface area (Å²) in [4.78, 5) is 12.0. The summed E-state index contributed by atoms with van der Waals surface area (Å²) in [5.41, 5.74) is 4.84. The molecule has 0 spiro atoms. The van der Waals surface area contributed by atoms with Gasteiger partial charge in [-0.1, -0.05) is 16.9 Å². The fraction of sp³-hybridized carbons (Fsp3) is 0.286. The zero-order valence-electron chi connectivity index (χ0n) is 13.2. The maximum Gasteiger partial charge on any atom is 0.446 e. The number of alkyl halides is 2. The fourth-order valence-electron chi connectivity index (χ4n) is 2.09. The van der Waals surface area contributed by atoms with Gasteiger partial charge in [-0.05, 0) is 35.4 Å². The number of rotatable bonds is 6. The highest BCUT2D eigenvalue weighted by Gasteiger charge is 2.24. The number of benzene rings is 1. The van der Waals surface area contributed by atoms with Crippen LogP contribution in [0.25, 0.3) is 17.2 Å². The van der Waals surface area contributed by atoms with E-state index >= 15 is 0 Å². The van der Waals surface area contributed by atoms with E-state index in [0.29, 0.717) is 10.8 Å². The first-order chi connectivity index (χ1) is 12.4. The molecule has 0 bridgehead atoms. The molecular weight excluding hydrogens is 375 g/mol. The van der Waals surface area contributed by atoms with E-state index in [-0.39, 0.29) is 23.2 Å². The summed E-state index contributed by atoms with van der Waals surface area (Å²) in [5.74, 6) is -1.69. The molecule has 2 N–H and O–H groups in total. The van der Waals surface area contributed by atoms with Gasteiger partial charge in [-0.3, -0.25) is 4.52 Å². The molecule has 0 saturated carbocycles. The van der Waals surface area contributed by atoms with Gasteiger partial charge in [0.2, 0.25) is 5.82 Å². The molecule has 0 fully saturated rings. The molecule has 1 aromatic carbocycles. The van der Waals surface area contributed by atoms with Crippen LogP contribution in [0.5, 0.6) is 0 Å². The van der Waals surface area contributed by atoms with Crippen molar-refractivity contribution in [1.82, 2.24) is 20.0 Å². The Balaban J connectivity index is 2.08. The van der Waals surface area contributed by atoms with Crippen LogP contribution in [0.3, 0.4) is 0 Å². The Hall–Kier alpha value is -2.60. The van der Waals surface area contributed by atoms with E-state index in [1.807, 2.05) is 0 Å². The Kier molecular flexibility index (Phi) is 5.13. The molecule has 8 nitrogen and oxygen atoms in total. The fourth-order valence-corrected chi connectivity index (χ4v) is 2.86. The maximum absolute atomic E-state index is 13.5. The summed E-state index contributed by atoms with van der Waals surface area (Å²) in [7, 11) is 0. The number of aromatic nitrogens is 4. The quantitative estimate of drug-likeness (QED) is 0.642. The molecule has 2 heterocycles. The van der Waals surface area contributed by atoms with Gasteiger partial charge in [0.25, 0.3) is 6.43 Å². The van der Waals surface area contributed by atoms with Crippen LogP contribution in [-0.2, 0) is 0 Å². The van der Waals surface area contributed by atoms with Gasteiger partial charge in [0.1, 0.15) is 5.82 Å². The van der Waals surface area contributed by atoms with Gasteiger partial charge >= 0.3 is 5.76 Å². The third kappa shape index (κ3) is 3.51. The highest BCUT2D eigenvalue weighted by atomic mass is 32.2. The van der Waals surface area contributed by atoms with Gasteiger partial charge in [-0.25, -0.2) is 27.2 Å².